The van der Waals surface area contributed by atoms with Crippen LogP contribution in [0.15, 0.2) is 48.5 Å². The van der Waals surface area contributed by atoms with Gasteiger partial charge in [0.1, 0.15) is 17.3 Å². The van der Waals surface area contributed by atoms with Crippen molar-refractivity contribution in [2.75, 3.05) is 25.6 Å². The molecule has 0 aromatic heterocycles. The number of nitrogens with one attached hydrogen (secondary N) is 2. The standard InChI is InChI=1S/C18H17FN2O6/c1-25-12-6-8-13(9-7-12)26-11-17(23)27-10-16(22)21-18(24)20-15-5-3-2-4-14(15)19/h2-9H,10-11H2,1H3,(H2,20,21,22,24). The number of imide groups is 1. The molecule has 0 radical (unpaired) electrons. The van der Waals surface area contributed by atoms with E-state index in [0.717, 1.165) is 6.07 Å². The van der Waals surface area contributed by atoms with Crippen molar-refractivity contribution in [1.82, 2.24) is 5.32 Å². The molecule has 0 aliphatic heterocycles. The van der Waals surface area contributed by atoms with Crippen LogP contribution in [0.4, 0.5) is 14.9 Å². The van der Waals surface area contributed by atoms with Gasteiger partial charge in [0.25, 0.3) is 5.91 Å². The van der Waals surface area contributed by atoms with E-state index in [9.17, 15) is 18.8 Å². The first kappa shape index (κ1) is 19.7. The Morgan fingerprint density at radius 1 is 0.963 bits per heavy atom. The second-order valence-electron chi connectivity index (χ2n) is 5.11. The molecule has 3 amide bonds. The fraction of sp³-hybridized carbons (Fsp3) is 0.167. The molecule has 0 heterocycles. The lowest BCUT2D eigenvalue weighted by Gasteiger charge is -2.09. The minimum absolute atomic E-state index is 0.0901. The number of hydrogen-bond acceptors (Lipinski definition) is 6. The monoisotopic (exact) mass is 376 g/mol. The largest absolute Gasteiger partial charge is 0.497 e. The Hall–Kier alpha value is -3.62. The van der Waals surface area contributed by atoms with E-state index in [1.807, 2.05) is 5.32 Å². The molecule has 0 spiro atoms. The summed E-state index contributed by atoms with van der Waals surface area (Å²) < 4.78 is 28.3. The quantitative estimate of drug-likeness (QED) is 0.718. The van der Waals surface area contributed by atoms with Gasteiger partial charge in [-0.2, -0.15) is 0 Å². The van der Waals surface area contributed by atoms with Crippen LogP contribution in [0, 0.1) is 5.82 Å². The molecular formula is C18H17FN2O6. The zero-order valence-electron chi connectivity index (χ0n) is 14.4. The third-order valence-corrected chi connectivity index (χ3v) is 3.16. The molecule has 142 valence electrons. The van der Waals surface area contributed by atoms with Gasteiger partial charge in [0.05, 0.1) is 12.8 Å². The van der Waals surface area contributed by atoms with E-state index >= 15 is 0 Å². The number of benzene rings is 2. The smallest absolute Gasteiger partial charge is 0.344 e. The number of anilines is 1. The van der Waals surface area contributed by atoms with Crippen molar-refractivity contribution in [1.29, 1.82) is 0 Å². The second-order valence-corrected chi connectivity index (χ2v) is 5.11. The molecule has 27 heavy (non-hydrogen) atoms. The average molecular weight is 376 g/mol. The molecule has 0 aliphatic carbocycles. The fourth-order valence-corrected chi connectivity index (χ4v) is 1.88. The Bertz CT molecular complexity index is 810. The summed E-state index contributed by atoms with van der Waals surface area (Å²) in [7, 11) is 1.52. The minimum Gasteiger partial charge on any atom is -0.497 e. The third kappa shape index (κ3) is 6.65. The van der Waals surface area contributed by atoms with E-state index in [-0.39, 0.29) is 5.69 Å². The van der Waals surface area contributed by atoms with E-state index in [4.69, 9.17) is 14.2 Å². The highest BCUT2D eigenvalue weighted by Crippen LogP contribution is 2.16. The number of ether oxygens (including phenoxy) is 3. The summed E-state index contributed by atoms with van der Waals surface area (Å²) in [6, 6.07) is 11.0. The number of halogens is 1. The lowest BCUT2D eigenvalue weighted by Crippen LogP contribution is -2.37. The Morgan fingerprint density at radius 3 is 2.30 bits per heavy atom. The fourth-order valence-electron chi connectivity index (χ4n) is 1.88. The first-order chi connectivity index (χ1) is 13.0. The van der Waals surface area contributed by atoms with Gasteiger partial charge in [-0.1, -0.05) is 12.1 Å². The topological polar surface area (TPSA) is 103 Å². The summed E-state index contributed by atoms with van der Waals surface area (Å²) in [5.41, 5.74) is -0.0901. The minimum atomic E-state index is -0.948. The third-order valence-electron chi connectivity index (χ3n) is 3.16. The van der Waals surface area contributed by atoms with Gasteiger partial charge >= 0.3 is 12.0 Å². The average Bonchev–Trinajstić information content (AvgIpc) is 2.67. The van der Waals surface area contributed by atoms with Gasteiger partial charge in [0.2, 0.25) is 0 Å². The van der Waals surface area contributed by atoms with Crippen molar-refractivity contribution in [2.45, 2.75) is 0 Å². The molecule has 9 heteroatoms. The first-order valence-electron chi connectivity index (χ1n) is 7.76. The van der Waals surface area contributed by atoms with Crippen LogP contribution < -0.4 is 20.1 Å². The normalized spacial score (nSPS) is 9.85. The predicted molar refractivity (Wildman–Crippen MR) is 93.0 cm³/mol. The molecule has 0 bridgehead atoms. The van der Waals surface area contributed by atoms with Gasteiger partial charge in [0, 0.05) is 0 Å². The number of para-hydroxylation sites is 1. The maximum Gasteiger partial charge on any atom is 0.344 e. The molecule has 0 fully saturated rings. The summed E-state index contributed by atoms with van der Waals surface area (Å²) >= 11 is 0. The van der Waals surface area contributed by atoms with Crippen molar-refractivity contribution < 1.29 is 33.0 Å². The van der Waals surface area contributed by atoms with Crippen LogP contribution in [-0.2, 0) is 14.3 Å². The molecule has 2 rings (SSSR count). The number of carbonyl (C=O) groups is 3. The van der Waals surface area contributed by atoms with Crippen LogP contribution in [0.5, 0.6) is 11.5 Å². The van der Waals surface area contributed by atoms with Crippen molar-refractivity contribution in [2.24, 2.45) is 0 Å². The van der Waals surface area contributed by atoms with E-state index < -0.39 is 36.9 Å². The van der Waals surface area contributed by atoms with Crippen LogP contribution in [0.3, 0.4) is 0 Å². The van der Waals surface area contributed by atoms with E-state index in [1.54, 1.807) is 24.3 Å². The Morgan fingerprint density at radius 2 is 1.63 bits per heavy atom. The predicted octanol–water partition coefficient (Wildman–Crippen LogP) is 2.10. The number of methoxy groups -OCH3 is 1. The Balaban J connectivity index is 1.68. The maximum atomic E-state index is 13.4. The molecule has 0 aliphatic rings. The molecule has 0 unspecified atom stereocenters. The molecule has 0 saturated carbocycles. The summed E-state index contributed by atoms with van der Waals surface area (Å²) in [6.07, 6.45) is 0. The Kier molecular flexibility index (Phi) is 7.12. The van der Waals surface area contributed by atoms with Gasteiger partial charge in [-0.15, -0.1) is 0 Å². The van der Waals surface area contributed by atoms with E-state index in [2.05, 4.69) is 5.32 Å². The number of rotatable bonds is 7. The summed E-state index contributed by atoms with van der Waals surface area (Å²) in [6.45, 7) is -1.10. The highest BCUT2D eigenvalue weighted by molar-refractivity contribution is 6.01. The number of esters is 1. The zero-order valence-corrected chi connectivity index (χ0v) is 14.4. The molecule has 0 saturated heterocycles. The van der Waals surface area contributed by atoms with Crippen LogP contribution in [0.25, 0.3) is 0 Å². The number of carbonyl (C=O) groups excluding carboxylic acids is 3. The number of hydrogen-bond donors (Lipinski definition) is 2. The molecule has 2 N–H and O–H groups in total. The lowest BCUT2D eigenvalue weighted by molar-refractivity contribution is -0.150. The van der Waals surface area contributed by atoms with Crippen molar-refractivity contribution >= 4 is 23.6 Å². The first-order valence-corrected chi connectivity index (χ1v) is 7.76. The van der Waals surface area contributed by atoms with Crippen LogP contribution in [0.1, 0.15) is 0 Å². The van der Waals surface area contributed by atoms with Gasteiger partial charge in [0.15, 0.2) is 13.2 Å². The van der Waals surface area contributed by atoms with Gasteiger partial charge in [-0.25, -0.2) is 14.0 Å². The van der Waals surface area contributed by atoms with Crippen molar-refractivity contribution in [3.05, 3.63) is 54.3 Å². The summed E-state index contributed by atoms with van der Waals surface area (Å²) in [5, 5.41) is 4.07. The molecule has 8 nitrogen and oxygen atoms in total. The van der Waals surface area contributed by atoms with Crippen molar-refractivity contribution in [3.63, 3.8) is 0 Å². The Labute approximate surface area is 154 Å². The lowest BCUT2D eigenvalue weighted by atomic mass is 10.3. The van der Waals surface area contributed by atoms with Crippen LogP contribution in [-0.4, -0.2) is 38.2 Å². The number of amides is 3. The number of urea groups is 1. The summed E-state index contributed by atoms with van der Waals surface area (Å²) in [4.78, 5) is 34.7. The molecule has 2 aromatic carbocycles. The van der Waals surface area contributed by atoms with Gasteiger partial charge in [-0.3, -0.25) is 10.1 Å². The van der Waals surface area contributed by atoms with Crippen LogP contribution >= 0.6 is 0 Å². The molecule has 0 atom stereocenters. The van der Waals surface area contributed by atoms with Gasteiger partial charge in [-0.05, 0) is 36.4 Å². The highest BCUT2D eigenvalue weighted by atomic mass is 19.1. The molecular weight excluding hydrogens is 359 g/mol. The molecule has 2 aromatic rings. The SMILES string of the molecule is COc1ccc(OCC(=O)OCC(=O)NC(=O)Nc2ccccc2F)cc1. The van der Waals surface area contributed by atoms with E-state index in [0.29, 0.717) is 11.5 Å². The summed E-state index contributed by atoms with van der Waals surface area (Å²) in [5.74, 6) is -1.27. The van der Waals surface area contributed by atoms with Crippen molar-refractivity contribution in [3.8, 4) is 11.5 Å². The maximum absolute atomic E-state index is 13.4. The van der Waals surface area contributed by atoms with Gasteiger partial charge < -0.3 is 19.5 Å². The van der Waals surface area contributed by atoms with Crippen LogP contribution in [0.2, 0.25) is 0 Å². The van der Waals surface area contributed by atoms with E-state index in [1.165, 1.54) is 25.3 Å². The zero-order chi connectivity index (χ0) is 19.6. The second kappa shape index (κ2) is 9.76. The highest BCUT2D eigenvalue weighted by Gasteiger charge is 2.13.